The molecule has 0 saturated heterocycles. The Morgan fingerprint density at radius 1 is 0.935 bits per heavy atom. The molecule has 1 aliphatic rings. The molecular weight excluding hydrogens is 585 g/mol. The van der Waals surface area contributed by atoms with Crippen LogP contribution >= 0.6 is 0 Å². The number of halogens is 1. The van der Waals surface area contributed by atoms with Crippen molar-refractivity contribution in [2.45, 2.75) is 39.1 Å². The molecule has 0 fully saturated rings. The summed E-state index contributed by atoms with van der Waals surface area (Å²) in [5.74, 6) is -0.471. The van der Waals surface area contributed by atoms with Gasteiger partial charge in [0.2, 0.25) is 0 Å². The van der Waals surface area contributed by atoms with Gasteiger partial charge in [0.1, 0.15) is 29.5 Å². The summed E-state index contributed by atoms with van der Waals surface area (Å²) in [4.78, 5) is 45.3. The molecule has 9 heteroatoms. The first-order chi connectivity index (χ1) is 22.3. The minimum atomic E-state index is -0.831. The Bertz CT molecular complexity index is 1840. The molecule has 46 heavy (non-hydrogen) atoms. The third kappa shape index (κ3) is 6.17. The second kappa shape index (κ2) is 13.2. The predicted molar refractivity (Wildman–Crippen MR) is 171 cm³/mol. The van der Waals surface area contributed by atoms with E-state index in [0.717, 1.165) is 16.7 Å². The number of aldehydes is 1. The van der Waals surface area contributed by atoms with Gasteiger partial charge in [0, 0.05) is 23.7 Å². The van der Waals surface area contributed by atoms with Crippen LogP contribution in [-0.4, -0.2) is 34.2 Å². The van der Waals surface area contributed by atoms with Crippen LogP contribution in [0.3, 0.4) is 0 Å². The van der Waals surface area contributed by atoms with Crippen molar-refractivity contribution >= 4 is 29.2 Å². The molecule has 0 saturated carbocycles. The van der Waals surface area contributed by atoms with E-state index in [-0.39, 0.29) is 47.8 Å². The summed E-state index contributed by atoms with van der Waals surface area (Å²) < 4.78 is 26.4. The van der Waals surface area contributed by atoms with Gasteiger partial charge in [-0.3, -0.25) is 9.78 Å². The van der Waals surface area contributed by atoms with Crippen molar-refractivity contribution in [3.8, 4) is 11.5 Å². The van der Waals surface area contributed by atoms with E-state index in [0.29, 0.717) is 22.8 Å². The fourth-order valence-corrected chi connectivity index (χ4v) is 5.59. The molecule has 4 aromatic carbocycles. The van der Waals surface area contributed by atoms with E-state index >= 15 is 0 Å². The largest absolute Gasteiger partial charge is 0.478 e. The third-order valence-electron chi connectivity index (χ3n) is 7.99. The van der Waals surface area contributed by atoms with Crippen LogP contribution in [0.25, 0.3) is 10.9 Å². The van der Waals surface area contributed by atoms with Crippen LogP contribution < -0.4 is 14.8 Å². The van der Waals surface area contributed by atoms with Gasteiger partial charge in [-0.1, -0.05) is 86.6 Å². The van der Waals surface area contributed by atoms with E-state index in [1.54, 1.807) is 35.4 Å². The number of nitrogens with one attached hydrogen (secondary N) is 1. The first-order valence-electron chi connectivity index (χ1n) is 15.0. The van der Waals surface area contributed by atoms with Crippen LogP contribution in [0.2, 0.25) is 0 Å². The van der Waals surface area contributed by atoms with Crippen LogP contribution in [0.15, 0.2) is 103 Å². The first-order valence-corrected chi connectivity index (χ1v) is 15.0. The molecule has 0 bridgehead atoms. The fourth-order valence-electron chi connectivity index (χ4n) is 5.59. The van der Waals surface area contributed by atoms with Crippen molar-refractivity contribution in [1.82, 2.24) is 15.2 Å². The van der Waals surface area contributed by atoms with Gasteiger partial charge in [0.05, 0.1) is 18.2 Å². The van der Waals surface area contributed by atoms with Gasteiger partial charge >= 0.3 is 6.09 Å². The molecule has 0 radical (unpaired) electrons. The molecule has 1 unspecified atom stereocenters. The molecule has 2 amide bonds. The lowest BCUT2D eigenvalue weighted by Crippen LogP contribution is -2.41. The zero-order valence-corrected chi connectivity index (χ0v) is 25.4. The highest BCUT2D eigenvalue weighted by Gasteiger charge is 2.38. The standard InChI is InChI=1S/C37H32FN3O5/c1-23(2)30(22-42)40-37(44)46-34-28-14-9-19-39-32(28)35(45-33(25-10-5-3-6-11-25)26-12-7-4-8-13-26)31-29(34)21-41(36(31)43)20-24-15-17-27(38)18-16-24/h3-19,22-23,30,33H,20-21H2,1-2H3,(H,40,44). The number of fused-ring (bicyclic) bond motifs is 2. The van der Waals surface area contributed by atoms with Gasteiger partial charge in [-0.05, 0) is 46.9 Å². The number of ether oxygens (including phenoxy) is 2. The SMILES string of the molecule is CC(C)C(C=O)NC(=O)Oc1c2c(c(OC(c3ccccc3)c3ccccc3)c3ncccc13)C(=O)N(Cc1ccc(F)cc1)C2. The number of hydrogen-bond acceptors (Lipinski definition) is 6. The Morgan fingerprint density at radius 2 is 1.59 bits per heavy atom. The Labute approximate surface area is 265 Å². The summed E-state index contributed by atoms with van der Waals surface area (Å²) in [6.07, 6.45) is 0.823. The van der Waals surface area contributed by atoms with Crippen molar-refractivity contribution in [3.05, 3.63) is 137 Å². The smallest absolute Gasteiger partial charge is 0.413 e. The van der Waals surface area contributed by atoms with Crippen molar-refractivity contribution in [1.29, 1.82) is 0 Å². The zero-order valence-electron chi connectivity index (χ0n) is 25.4. The average Bonchev–Trinajstić information content (AvgIpc) is 3.40. The summed E-state index contributed by atoms with van der Waals surface area (Å²) in [6.45, 7) is 3.90. The lowest BCUT2D eigenvalue weighted by atomic mass is 9.99. The molecule has 8 nitrogen and oxygen atoms in total. The molecule has 1 aliphatic heterocycles. The van der Waals surface area contributed by atoms with Gasteiger partial charge < -0.3 is 24.5 Å². The number of carbonyl (C=O) groups excluding carboxylic acids is 3. The van der Waals surface area contributed by atoms with Gasteiger partial charge in [0.25, 0.3) is 5.91 Å². The summed E-state index contributed by atoms with van der Waals surface area (Å²) in [5.41, 5.74) is 3.48. The second-order valence-corrected chi connectivity index (χ2v) is 11.5. The van der Waals surface area contributed by atoms with Crippen molar-refractivity contribution in [3.63, 3.8) is 0 Å². The molecular formula is C37H32FN3O5. The fraction of sp³-hybridized carbons (Fsp3) is 0.189. The number of aromatic nitrogens is 1. The Balaban J connectivity index is 1.50. The molecule has 1 atom stereocenters. The van der Waals surface area contributed by atoms with E-state index in [2.05, 4.69) is 10.3 Å². The van der Waals surface area contributed by atoms with E-state index in [9.17, 15) is 18.8 Å². The van der Waals surface area contributed by atoms with Crippen LogP contribution in [0, 0.1) is 11.7 Å². The molecule has 0 aliphatic carbocycles. The van der Waals surface area contributed by atoms with E-state index in [4.69, 9.17) is 9.47 Å². The summed E-state index contributed by atoms with van der Waals surface area (Å²) >= 11 is 0. The second-order valence-electron chi connectivity index (χ2n) is 11.5. The molecule has 5 aromatic rings. The molecule has 2 heterocycles. The zero-order chi connectivity index (χ0) is 32.2. The van der Waals surface area contributed by atoms with Crippen LogP contribution in [0.4, 0.5) is 9.18 Å². The van der Waals surface area contributed by atoms with Crippen molar-refractivity contribution in [2.75, 3.05) is 0 Å². The quantitative estimate of drug-likeness (QED) is 0.169. The number of hydrogen-bond donors (Lipinski definition) is 1. The first kappa shape index (κ1) is 30.5. The van der Waals surface area contributed by atoms with Gasteiger partial charge in [0.15, 0.2) is 5.75 Å². The number of carbonyl (C=O) groups is 3. The Hall–Kier alpha value is -5.57. The number of amides is 2. The van der Waals surface area contributed by atoms with Gasteiger partial charge in [-0.15, -0.1) is 0 Å². The lowest BCUT2D eigenvalue weighted by Gasteiger charge is -2.23. The highest BCUT2D eigenvalue weighted by atomic mass is 19.1. The van der Waals surface area contributed by atoms with Gasteiger partial charge in [-0.2, -0.15) is 0 Å². The number of pyridine rings is 1. The minimum absolute atomic E-state index is 0.0952. The molecule has 1 aromatic heterocycles. The Morgan fingerprint density at radius 3 is 2.20 bits per heavy atom. The van der Waals surface area contributed by atoms with Gasteiger partial charge in [-0.25, -0.2) is 9.18 Å². The van der Waals surface area contributed by atoms with Crippen LogP contribution in [0.1, 0.15) is 52.6 Å². The number of rotatable bonds is 10. The number of benzene rings is 4. The summed E-state index contributed by atoms with van der Waals surface area (Å²) in [5, 5.41) is 3.08. The van der Waals surface area contributed by atoms with Crippen LogP contribution in [-0.2, 0) is 17.9 Å². The molecule has 0 spiro atoms. The maximum absolute atomic E-state index is 14.3. The average molecular weight is 618 g/mol. The normalized spacial score (nSPS) is 13.2. The van der Waals surface area contributed by atoms with Crippen molar-refractivity contribution < 1.29 is 28.2 Å². The third-order valence-corrected chi connectivity index (χ3v) is 7.99. The molecule has 6 rings (SSSR count). The maximum Gasteiger partial charge on any atom is 0.413 e. The van der Waals surface area contributed by atoms with E-state index < -0.39 is 18.2 Å². The monoisotopic (exact) mass is 617 g/mol. The topological polar surface area (TPSA) is 97.8 Å². The Kier molecular flexibility index (Phi) is 8.74. The minimum Gasteiger partial charge on any atom is -0.478 e. The molecule has 232 valence electrons. The van der Waals surface area contributed by atoms with E-state index in [1.165, 1.54) is 12.1 Å². The summed E-state index contributed by atoms with van der Waals surface area (Å²) in [6, 6.07) is 28.0. The maximum atomic E-state index is 14.3. The molecule has 1 N–H and O–H groups in total. The highest BCUT2D eigenvalue weighted by molar-refractivity contribution is 6.09. The summed E-state index contributed by atoms with van der Waals surface area (Å²) in [7, 11) is 0. The van der Waals surface area contributed by atoms with Crippen LogP contribution in [0.5, 0.6) is 11.5 Å². The lowest BCUT2D eigenvalue weighted by molar-refractivity contribution is -0.110. The van der Waals surface area contributed by atoms with E-state index in [1.807, 2.05) is 74.5 Å². The predicted octanol–water partition coefficient (Wildman–Crippen LogP) is 7.01. The number of nitrogens with zero attached hydrogens (tertiary/aromatic N) is 2. The highest BCUT2D eigenvalue weighted by Crippen LogP contribution is 2.46. The van der Waals surface area contributed by atoms with Crippen molar-refractivity contribution in [2.24, 2.45) is 5.92 Å².